The number of esters is 1. The number of rotatable bonds is 10. The van der Waals surface area contributed by atoms with E-state index in [9.17, 15) is 62.3 Å². The first-order chi connectivity index (χ1) is 34.4. The van der Waals surface area contributed by atoms with E-state index in [1.54, 1.807) is 39.8 Å². The summed E-state index contributed by atoms with van der Waals surface area (Å²) in [6.45, 7) is 9.66. The van der Waals surface area contributed by atoms with Crippen LogP contribution < -0.4 is 16.4 Å². The molecular formula is C52H47F12N7O3. The van der Waals surface area contributed by atoms with Crippen LogP contribution in [0.3, 0.4) is 0 Å². The summed E-state index contributed by atoms with van der Waals surface area (Å²) >= 11 is 0. The largest absolute Gasteiger partial charge is 0.469 e. The van der Waals surface area contributed by atoms with Crippen LogP contribution in [0.15, 0.2) is 64.4 Å². The second-order valence-corrected chi connectivity index (χ2v) is 19.3. The van der Waals surface area contributed by atoms with Gasteiger partial charge in [-0.3, -0.25) is 29.1 Å². The molecule has 3 unspecified atom stereocenters. The fourth-order valence-corrected chi connectivity index (χ4v) is 10.9. The second-order valence-electron chi connectivity index (χ2n) is 19.3. The maximum Gasteiger partial charge on any atom is 0.416 e. The van der Waals surface area contributed by atoms with E-state index in [1.165, 1.54) is 7.11 Å². The van der Waals surface area contributed by atoms with Crippen LogP contribution in [0, 0.1) is 13.8 Å². The van der Waals surface area contributed by atoms with Gasteiger partial charge in [0.1, 0.15) is 11.0 Å². The smallest absolute Gasteiger partial charge is 0.416 e. The first kappa shape index (κ1) is 52.2. The van der Waals surface area contributed by atoms with Crippen LogP contribution in [0.2, 0.25) is 0 Å². The molecule has 0 aliphatic carbocycles. The van der Waals surface area contributed by atoms with E-state index in [-0.39, 0.29) is 76.4 Å². The normalized spacial score (nSPS) is 19.4. The number of halogens is 12. The molecule has 5 atom stereocenters. The Labute approximate surface area is 413 Å². The molecule has 4 aromatic heterocycles. The zero-order valence-electron chi connectivity index (χ0n) is 40.6. The van der Waals surface area contributed by atoms with Crippen molar-refractivity contribution in [2.45, 2.75) is 128 Å². The summed E-state index contributed by atoms with van der Waals surface area (Å²) in [4.78, 5) is 50.1. The van der Waals surface area contributed by atoms with E-state index < -0.39 is 88.1 Å². The zero-order valence-corrected chi connectivity index (χ0v) is 40.6. The van der Waals surface area contributed by atoms with Crippen molar-refractivity contribution in [3.63, 3.8) is 0 Å². The Morgan fingerprint density at radius 3 is 1.82 bits per heavy atom. The fraction of sp³-hybridized carbons (Fsp3) is 0.404. The third kappa shape index (κ3) is 8.99. The van der Waals surface area contributed by atoms with Crippen molar-refractivity contribution in [2.75, 3.05) is 7.11 Å². The van der Waals surface area contributed by atoms with Gasteiger partial charge in [-0.2, -0.15) is 52.7 Å². The number of nitrogens with one attached hydrogen (secondary N) is 3. The molecule has 0 fully saturated rings. The quantitative estimate of drug-likeness (QED) is 0.0925. The molecular weight excluding hydrogens is 999 g/mol. The maximum absolute atomic E-state index is 15.0. The number of ether oxygens (including phenoxy) is 1. The number of fused-ring (bicyclic) bond motifs is 6. The van der Waals surface area contributed by atoms with Crippen molar-refractivity contribution >= 4 is 38.8 Å². The van der Waals surface area contributed by atoms with E-state index >= 15 is 0 Å². The van der Waals surface area contributed by atoms with Gasteiger partial charge < -0.3 is 20.0 Å². The Hall–Kier alpha value is -6.71. The van der Waals surface area contributed by atoms with Gasteiger partial charge in [-0.25, -0.2) is 0 Å². The topological polar surface area (TPSA) is 130 Å². The van der Waals surface area contributed by atoms with Gasteiger partial charge in [0.15, 0.2) is 0 Å². The Balaban J connectivity index is 1.32. The zero-order chi connectivity index (χ0) is 53.9. The van der Waals surface area contributed by atoms with E-state index in [1.807, 2.05) is 19.9 Å². The average Bonchev–Trinajstić information content (AvgIpc) is 4.06. The molecule has 3 N–H and O–H groups in total. The van der Waals surface area contributed by atoms with E-state index in [0.717, 1.165) is 4.57 Å². The lowest BCUT2D eigenvalue weighted by molar-refractivity contribution is -0.144. The minimum Gasteiger partial charge on any atom is -0.469 e. The monoisotopic (exact) mass is 1050 g/mol. The molecule has 7 heterocycles. The lowest BCUT2D eigenvalue weighted by Gasteiger charge is -2.27. The first-order valence-electron chi connectivity index (χ1n) is 23.5. The number of benzene rings is 2. The van der Waals surface area contributed by atoms with Crippen LogP contribution in [0.25, 0.3) is 32.8 Å². The number of nitrogens with zero attached hydrogens (tertiary/aromatic N) is 4. The molecule has 8 bridgehead atoms. The summed E-state index contributed by atoms with van der Waals surface area (Å²) in [6, 6.07) is 7.12. The number of aromatic amines is 2. The highest BCUT2D eigenvalue weighted by molar-refractivity contribution is 6.02. The number of aromatic nitrogens is 5. The lowest BCUT2D eigenvalue weighted by Crippen LogP contribution is -2.35. The standard InChI is InChI=1S/C52H47F12N7O3/c1-8-33-22(2)34-19-39-41(26(6)65-20-27-11-29(49(53,54)55)15-30(12-27)50(56,57)58)23(3)35(67-39)17-37-25(5)48(10-9-40(72)74-7)45(69-37)43-44-42(24(4)36(68-44)18-38(33)66-34)47(73)71(46(43)70-48)21-28-13-31(51(59,60)61)16-32(14-28)52(62,63)64/h11-19,22,25-26,33,65,67-68H,8-10,20-21H2,1-7H3/t22?,25-,26?,33?,48-/m1/s1. The van der Waals surface area contributed by atoms with Gasteiger partial charge in [0.25, 0.3) is 5.56 Å². The Bertz CT molecular complexity index is 3500. The summed E-state index contributed by atoms with van der Waals surface area (Å²) in [7, 11) is 1.19. The van der Waals surface area contributed by atoms with Gasteiger partial charge in [-0.15, -0.1) is 0 Å². The van der Waals surface area contributed by atoms with Crippen molar-refractivity contribution in [3.05, 3.63) is 143 Å². The molecule has 10 nitrogen and oxygen atoms in total. The number of methoxy groups -OCH3 is 1. The average molecular weight is 1050 g/mol. The van der Waals surface area contributed by atoms with Crippen molar-refractivity contribution in [1.29, 1.82) is 0 Å². The van der Waals surface area contributed by atoms with Crippen molar-refractivity contribution in [2.24, 2.45) is 4.99 Å². The van der Waals surface area contributed by atoms with E-state index in [4.69, 9.17) is 19.7 Å². The van der Waals surface area contributed by atoms with Crippen LogP contribution in [0.5, 0.6) is 0 Å². The molecule has 0 saturated heterocycles. The van der Waals surface area contributed by atoms with Gasteiger partial charge in [0.2, 0.25) is 0 Å². The number of hydrogen-bond donors (Lipinski definition) is 3. The molecule has 0 amide bonds. The van der Waals surface area contributed by atoms with Crippen LogP contribution in [0.1, 0.15) is 144 Å². The SMILES string of the molecule is CCC1c2cc3[nH]c4c(c3C)c(=O)n(Cc3cc(C(F)(F)F)cc(C(F)(F)F)c3)c3c4c4nc(cc5[nH]c(cc(n2)C1C)c(C(C)NCc1cc(C(F)(F)F)cc(C(F)(F)F)c1)c5C)[C@@H](C)[C@@]4(CCC(=O)OC)N=3. The Morgan fingerprint density at radius 1 is 0.730 bits per heavy atom. The van der Waals surface area contributed by atoms with Gasteiger partial charge in [-0.1, -0.05) is 20.8 Å². The third-order valence-electron chi connectivity index (χ3n) is 14.8. The summed E-state index contributed by atoms with van der Waals surface area (Å²) in [5.41, 5.74) is -3.96. The molecule has 0 radical (unpaired) electrons. The number of H-pyrrole nitrogens is 2. The molecule has 2 aromatic carbocycles. The van der Waals surface area contributed by atoms with E-state index in [0.29, 0.717) is 81.0 Å². The molecule has 22 heteroatoms. The minimum absolute atomic E-state index is 0.00124. The molecule has 74 heavy (non-hydrogen) atoms. The Kier molecular flexibility index (Phi) is 12.7. The number of carbonyl (C=O) groups is 1. The molecule has 6 aromatic rings. The first-order valence-corrected chi connectivity index (χ1v) is 23.5. The molecule has 0 spiro atoms. The number of pyridine rings is 1. The van der Waals surface area contributed by atoms with Gasteiger partial charge in [-0.05, 0) is 116 Å². The fourth-order valence-electron chi connectivity index (χ4n) is 10.9. The predicted octanol–water partition coefficient (Wildman–Crippen LogP) is 12.8. The van der Waals surface area contributed by atoms with Crippen LogP contribution in [0.4, 0.5) is 52.7 Å². The lowest BCUT2D eigenvalue weighted by atomic mass is 9.80. The second kappa shape index (κ2) is 18.0. The highest BCUT2D eigenvalue weighted by Crippen LogP contribution is 2.51. The number of alkyl halides is 12. The van der Waals surface area contributed by atoms with Crippen LogP contribution in [-0.4, -0.2) is 37.6 Å². The molecule has 9 rings (SSSR count). The summed E-state index contributed by atoms with van der Waals surface area (Å²) < 4.78 is 174. The minimum atomic E-state index is -5.18. The molecule has 0 saturated carbocycles. The van der Waals surface area contributed by atoms with Gasteiger partial charge in [0, 0.05) is 70.4 Å². The van der Waals surface area contributed by atoms with Crippen LogP contribution >= 0.6 is 0 Å². The summed E-state index contributed by atoms with van der Waals surface area (Å²) in [5, 5.41) is 3.43. The van der Waals surface area contributed by atoms with Crippen molar-refractivity contribution in [3.8, 4) is 0 Å². The number of aryl methyl sites for hydroxylation is 2. The summed E-state index contributed by atoms with van der Waals surface area (Å²) in [6.07, 6.45) is -20.2. The van der Waals surface area contributed by atoms with E-state index in [2.05, 4.69) is 15.3 Å². The van der Waals surface area contributed by atoms with Crippen molar-refractivity contribution in [1.82, 2.24) is 29.8 Å². The highest BCUT2D eigenvalue weighted by atomic mass is 19.4. The highest BCUT2D eigenvalue weighted by Gasteiger charge is 2.50. The van der Waals surface area contributed by atoms with Gasteiger partial charge in [0.05, 0.1) is 57.9 Å². The van der Waals surface area contributed by atoms with Gasteiger partial charge >= 0.3 is 30.7 Å². The molecule has 3 aliphatic rings. The number of carbonyl (C=O) groups excluding carboxylic acids is 1. The third-order valence-corrected chi connectivity index (χ3v) is 14.8. The molecule has 3 aliphatic heterocycles. The Morgan fingerprint density at radius 2 is 1.27 bits per heavy atom. The van der Waals surface area contributed by atoms with Crippen molar-refractivity contribution < 1.29 is 62.2 Å². The maximum atomic E-state index is 15.0. The summed E-state index contributed by atoms with van der Waals surface area (Å²) in [5.74, 6) is -1.79. The van der Waals surface area contributed by atoms with Crippen LogP contribution in [-0.2, 0) is 52.9 Å². The molecule has 392 valence electrons. The predicted molar refractivity (Wildman–Crippen MR) is 249 cm³/mol. The number of hydrogen-bond acceptors (Lipinski definition) is 7.